The summed E-state index contributed by atoms with van der Waals surface area (Å²) >= 11 is 5.96. The first-order valence-corrected chi connectivity index (χ1v) is 10.1. The lowest BCUT2D eigenvalue weighted by Crippen LogP contribution is -2.43. The minimum Gasteiger partial charge on any atom is -0.493 e. The van der Waals surface area contributed by atoms with E-state index >= 15 is 0 Å². The monoisotopic (exact) mass is 418 g/mol. The van der Waals surface area contributed by atoms with Crippen LogP contribution in [0.4, 0.5) is 0 Å². The molecule has 0 radical (unpaired) electrons. The lowest BCUT2D eigenvalue weighted by molar-refractivity contribution is -0.123. The Bertz CT molecular complexity index is 826. The van der Waals surface area contributed by atoms with Crippen molar-refractivity contribution < 1.29 is 19.1 Å². The number of benzene rings is 2. The molecule has 2 N–H and O–H groups in total. The number of carbonyl (C=O) groups excluding carboxylic acids is 2. The average Bonchev–Trinajstić information content (AvgIpc) is 2.73. The minimum absolute atomic E-state index is 0.239. The average molecular weight is 419 g/mol. The summed E-state index contributed by atoms with van der Waals surface area (Å²) in [7, 11) is 0. The Balaban J connectivity index is 1.80. The van der Waals surface area contributed by atoms with Crippen LogP contribution in [-0.4, -0.2) is 25.0 Å². The van der Waals surface area contributed by atoms with Gasteiger partial charge in [-0.1, -0.05) is 49.9 Å². The first-order chi connectivity index (χ1) is 14.0. The molecule has 0 atom stereocenters. The lowest BCUT2D eigenvalue weighted by Gasteiger charge is -2.12. The second-order valence-electron chi connectivity index (χ2n) is 6.61. The summed E-state index contributed by atoms with van der Waals surface area (Å²) in [6, 6.07) is 12.0. The zero-order valence-corrected chi connectivity index (χ0v) is 17.6. The van der Waals surface area contributed by atoms with E-state index in [1.54, 1.807) is 42.5 Å². The zero-order chi connectivity index (χ0) is 21.1. The van der Waals surface area contributed by atoms with Gasteiger partial charge in [0.1, 0.15) is 11.5 Å². The van der Waals surface area contributed by atoms with E-state index in [0.29, 0.717) is 28.7 Å². The van der Waals surface area contributed by atoms with Crippen molar-refractivity contribution in [3.8, 4) is 11.5 Å². The number of hydrazine groups is 1. The fourth-order valence-corrected chi connectivity index (χ4v) is 2.69. The Morgan fingerprint density at radius 3 is 2.55 bits per heavy atom. The maximum Gasteiger partial charge on any atom is 0.276 e. The van der Waals surface area contributed by atoms with E-state index in [4.69, 9.17) is 21.1 Å². The third-order valence-electron chi connectivity index (χ3n) is 4.20. The highest BCUT2D eigenvalue weighted by molar-refractivity contribution is 6.31. The van der Waals surface area contributed by atoms with E-state index in [1.165, 1.54) is 0 Å². The van der Waals surface area contributed by atoms with Crippen LogP contribution in [0.2, 0.25) is 5.02 Å². The molecule has 0 unspecified atom stereocenters. The van der Waals surface area contributed by atoms with Crippen LogP contribution in [0, 0.1) is 6.92 Å². The van der Waals surface area contributed by atoms with Gasteiger partial charge in [0.05, 0.1) is 12.2 Å². The van der Waals surface area contributed by atoms with Crippen LogP contribution in [0.25, 0.3) is 0 Å². The summed E-state index contributed by atoms with van der Waals surface area (Å²) in [6.07, 6.45) is 4.34. The van der Waals surface area contributed by atoms with Crippen LogP contribution in [0.1, 0.15) is 48.5 Å². The van der Waals surface area contributed by atoms with Gasteiger partial charge in [-0.05, 0) is 49.2 Å². The molecule has 2 amide bonds. The van der Waals surface area contributed by atoms with E-state index in [0.717, 1.165) is 31.2 Å². The smallest absolute Gasteiger partial charge is 0.276 e. The Morgan fingerprint density at radius 2 is 1.79 bits per heavy atom. The predicted molar refractivity (Wildman–Crippen MR) is 113 cm³/mol. The van der Waals surface area contributed by atoms with Crippen molar-refractivity contribution in [2.75, 3.05) is 13.2 Å². The molecule has 0 saturated heterocycles. The molecule has 0 aromatic heterocycles. The van der Waals surface area contributed by atoms with Gasteiger partial charge in [0, 0.05) is 5.02 Å². The van der Waals surface area contributed by atoms with Crippen molar-refractivity contribution in [1.29, 1.82) is 0 Å². The first-order valence-electron chi connectivity index (χ1n) is 9.71. The third-order valence-corrected chi connectivity index (χ3v) is 4.63. The number of halogens is 1. The number of carbonyl (C=O) groups is 2. The number of para-hydroxylation sites is 1. The Kier molecular flexibility index (Phi) is 9.31. The van der Waals surface area contributed by atoms with Gasteiger partial charge in [-0.3, -0.25) is 20.4 Å². The van der Waals surface area contributed by atoms with Gasteiger partial charge in [-0.15, -0.1) is 0 Å². The minimum atomic E-state index is -0.482. The van der Waals surface area contributed by atoms with E-state index in [2.05, 4.69) is 17.8 Å². The van der Waals surface area contributed by atoms with Crippen molar-refractivity contribution in [1.82, 2.24) is 10.9 Å². The number of rotatable bonds is 10. The molecule has 0 aliphatic carbocycles. The highest BCUT2D eigenvalue weighted by Gasteiger charge is 2.13. The molecule has 29 heavy (non-hydrogen) atoms. The van der Waals surface area contributed by atoms with Crippen LogP contribution >= 0.6 is 11.6 Å². The van der Waals surface area contributed by atoms with Gasteiger partial charge in [-0.25, -0.2) is 0 Å². The second-order valence-corrected chi connectivity index (χ2v) is 7.01. The number of hydrogen-bond acceptors (Lipinski definition) is 4. The maximum absolute atomic E-state index is 12.4. The van der Waals surface area contributed by atoms with Crippen LogP contribution in [0.3, 0.4) is 0 Å². The lowest BCUT2D eigenvalue weighted by atomic mass is 10.2. The molecule has 0 heterocycles. The molecular formula is C22H27ClN2O4. The van der Waals surface area contributed by atoms with Gasteiger partial charge in [0.15, 0.2) is 6.61 Å². The normalized spacial score (nSPS) is 10.3. The van der Waals surface area contributed by atoms with Crippen LogP contribution in [0.15, 0.2) is 42.5 Å². The van der Waals surface area contributed by atoms with Gasteiger partial charge in [0.25, 0.3) is 11.8 Å². The topological polar surface area (TPSA) is 76.7 Å². The largest absolute Gasteiger partial charge is 0.493 e. The molecule has 2 aromatic carbocycles. The fourth-order valence-electron chi connectivity index (χ4n) is 2.58. The number of amides is 2. The van der Waals surface area contributed by atoms with Crippen LogP contribution < -0.4 is 20.3 Å². The summed E-state index contributed by atoms with van der Waals surface area (Å²) in [5.74, 6) is 0.0765. The highest BCUT2D eigenvalue weighted by Crippen LogP contribution is 2.21. The van der Waals surface area contributed by atoms with Crippen molar-refractivity contribution in [3.05, 3.63) is 58.6 Å². The van der Waals surface area contributed by atoms with Crippen LogP contribution in [0.5, 0.6) is 11.5 Å². The molecule has 0 spiro atoms. The molecule has 2 rings (SSSR count). The number of hydrogen-bond donors (Lipinski definition) is 2. The fraction of sp³-hybridized carbons (Fsp3) is 0.364. The zero-order valence-electron chi connectivity index (χ0n) is 16.8. The molecule has 0 saturated carbocycles. The summed E-state index contributed by atoms with van der Waals surface area (Å²) < 4.78 is 11.1. The van der Waals surface area contributed by atoms with Crippen molar-refractivity contribution in [2.45, 2.75) is 39.5 Å². The number of ether oxygens (including phenoxy) is 2. The predicted octanol–water partition coefficient (Wildman–Crippen LogP) is 4.45. The van der Waals surface area contributed by atoms with Crippen molar-refractivity contribution >= 4 is 23.4 Å². The first kappa shape index (κ1) is 22.6. The molecule has 6 nitrogen and oxygen atoms in total. The van der Waals surface area contributed by atoms with Crippen molar-refractivity contribution in [3.63, 3.8) is 0 Å². The van der Waals surface area contributed by atoms with E-state index in [-0.39, 0.29) is 6.61 Å². The quantitative estimate of drug-likeness (QED) is 0.441. The molecule has 156 valence electrons. The van der Waals surface area contributed by atoms with Gasteiger partial charge < -0.3 is 9.47 Å². The molecule has 0 fully saturated rings. The SMILES string of the molecule is CCCCCCOc1ccccc1C(=O)NNC(=O)COc1ccc(Cl)c(C)c1. The molecule has 2 aromatic rings. The Labute approximate surface area is 176 Å². The standard InChI is InChI=1S/C22H27ClN2O4/c1-3-4-5-8-13-28-20-10-7-6-9-18(20)22(27)25-24-21(26)15-29-17-11-12-19(23)16(2)14-17/h6-7,9-12,14H,3-5,8,13,15H2,1-2H3,(H,24,26)(H,25,27). The van der Waals surface area contributed by atoms with E-state index in [1.807, 2.05) is 6.92 Å². The second kappa shape index (κ2) is 12.0. The maximum atomic E-state index is 12.4. The van der Waals surface area contributed by atoms with Crippen LogP contribution in [-0.2, 0) is 4.79 Å². The molecule has 7 heteroatoms. The van der Waals surface area contributed by atoms with Crippen molar-refractivity contribution in [2.24, 2.45) is 0 Å². The van der Waals surface area contributed by atoms with E-state index in [9.17, 15) is 9.59 Å². The Morgan fingerprint density at radius 1 is 1.00 bits per heavy atom. The summed E-state index contributed by atoms with van der Waals surface area (Å²) in [5, 5.41) is 0.625. The molecule has 0 bridgehead atoms. The molecule has 0 aliphatic rings. The van der Waals surface area contributed by atoms with E-state index < -0.39 is 11.8 Å². The third kappa shape index (κ3) is 7.66. The summed E-state index contributed by atoms with van der Waals surface area (Å²) in [4.78, 5) is 24.4. The van der Waals surface area contributed by atoms with Gasteiger partial charge in [-0.2, -0.15) is 0 Å². The number of nitrogens with one attached hydrogen (secondary N) is 2. The number of aryl methyl sites for hydroxylation is 1. The summed E-state index contributed by atoms with van der Waals surface area (Å²) in [6.45, 7) is 4.30. The summed E-state index contributed by atoms with van der Waals surface area (Å²) in [5.41, 5.74) is 5.94. The molecular weight excluding hydrogens is 392 g/mol. The number of unbranched alkanes of at least 4 members (excludes halogenated alkanes) is 3. The van der Waals surface area contributed by atoms with Gasteiger partial charge in [0.2, 0.25) is 0 Å². The van der Waals surface area contributed by atoms with Gasteiger partial charge >= 0.3 is 0 Å². The molecule has 0 aliphatic heterocycles. The Hall–Kier alpha value is -2.73. The highest BCUT2D eigenvalue weighted by atomic mass is 35.5.